The number of nitrogens with zero attached hydrogens (tertiary/aromatic N) is 6. The zero-order valence-electron chi connectivity index (χ0n) is 34.7. The van der Waals surface area contributed by atoms with Gasteiger partial charge in [0.15, 0.2) is 5.82 Å². The molecule has 3 aromatic heterocycles. The molecule has 1 atom stereocenters. The summed E-state index contributed by atoms with van der Waals surface area (Å²) >= 11 is 8.42. The number of ether oxygens (including phenoxy) is 4. The minimum atomic E-state index is -1.39. The maximum absolute atomic E-state index is 14.1. The molecule has 0 radical (unpaired) electrons. The van der Waals surface area contributed by atoms with Gasteiger partial charge in [-0.25, -0.2) is 29.1 Å². The molecule has 12 nitrogen and oxygen atoms in total. The summed E-state index contributed by atoms with van der Waals surface area (Å²) < 4.78 is 39.2. The second-order valence-electron chi connectivity index (χ2n) is 15.6. The zero-order chi connectivity index (χ0) is 43.5. The van der Waals surface area contributed by atoms with Crippen LogP contribution in [0.2, 0.25) is 5.02 Å². The van der Waals surface area contributed by atoms with E-state index in [2.05, 4.69) is 31.8 Å². The van der Waals surface area contributed by atoms with Gasteiger partial charge in [-0.1, -0.05) is 54.1 Å². The number of carboxylic acid groups (broad SMARTS) is 1. The Morgan fingerprint density at radius 1 is 0.937 bits per heavy atom. The van der Waals surface area contributed by atoms with E-state index in [0.29, 0.717) is 50.2 Å². The number of thiophene rings is 1. The molecule has 4 aromatic carbocycles. The summed E-state index contributed by atoms with van der Waals surface area (Å²) in [7, 11) is 2.15. The molecule has 10 rings (SSSR count). The quantitative estimate of drug-likeness (QED) is 0.141. The van der Waals surface area contributed by atoms with Gasteiger partial charge >= 0.3 is 5.97 Å². The third kappa shape index (κ3) is 9.50. The second-order valence-corrected chi connectivity index (χ2v) is 17.0. The van der Waals surface area contributed by atoms with Crippen molar-refractivity contribution in [1.29, 1.82) is 0 Å². The lowest BCUT2D eigenvalue weighted by Gasteiger charge is -2.32. The topological polar surface area (TPSA) is 132 Å². The molecule has 0 saturated carbocycles. The number of carbonyl (C=O) groups is 1. The number of likely N-dealkylation sites (N-methyl/N-ethyl adjacent to an activating group) is 1. The van der Waals surface area contributed by atoms with E-state index in [4.69, 9.17) is 35.5 Å². The number of hydrogen-bond acceptors (Lipinski definition) is 12. The highest BCUT2D eigenvalue weighted by molar-refractivity contribution is 7.22. The number of benzene rings is 4. The summed E-state index contributed by atoms with van der Waals surface area (Å²) in [5.74, 6) is 0.173. The van der Waals surface area contributed by atoms with Crippen molar-refractivity contribution < 1.29 is 33.2 Å². The molecule has 63 heavy (non-hydrogen) atoms. The van der Waals surface area contributed by atoms with Crippen LogP contribution >= 0.6 is 22.9 Å². The Balaban J connectivity index is 0.997. The molecule has 7 aromatic rings. The average molecular weight is 887 g/mol. The average Bonchev–Trinajstić information content (AvgIpc) is 3.68. The molecule has 0 spiro atoms. The van der Waals surface area contributed by atoms with Crippen molar-refractivity contribution in [3.05, 3.63) is 136 Å². The number of aromatic nitrogens is 4. The maximum atomic E-state index is 14.1. The van der Waals surface area contributed by atoms with Crippen LogP contribution in [-0.4, -0.2) is 93.3 Å². The van der Waals surface area contributed by atoms with Crippen molar-refractivity contribution in [2.75, 3.05) is 46.4 Å². The lowest BCUT2D eigenvalue weighted by molar-refractivity contribution is -0.145. The van der Waals surface area contributed by atoms with Crippen molar-refractivity contribution in [3.63, 3.8) is 0 Å². The van der Waals surface area contributed by atoms with Crippen LogP contribution < -0.4 is 14.2 Å². The fraction of sp³-hybridized carbons (Fsp3) is 0.271. The van der Waals surface area contributed by atoms with Gasteiger partial charge in [0, 0.05) is 66.4 Å². The Morgan fingerprint density at radius 3 is 2.60 bits per heavy atom. The maximum Gasteiger partial charge on any atom is 0.345 e. The van der Waals surface area contributed by atoms with E-state index in [-0.39, 0.29) is 37.9 Å². The van der Waals surface area contributed by atoms with Crippen LogP contribution in [0.5, 0.6) is 17.4 Å². The molecule has 0 amide bonds. The van der Waals surface area contributed by atoms with Crippen molar-refractivity contribution in [3.8, 4) is 50.2 Å². The number of piperazine rings is 1. The second kappa shape index (κ2) is 18.8. The molecule has 3 aliphatic heterocycles. The smallest absolute Gasteiger partial charge is 0.345 e. The van der Waals surface area contributed by atoms with Gasteiger partial charge in [0.25, 0.3) is 0 Å². The van der Waals surface area contributed by atoms with Gasteiger partial charge in [-0.15, -0.1) is 11.3 Å². The SMILES string of the molecule is Cc1c2ccc(c1Cl)COCc1ccc(OCc3nccc(-c4cccc(OCCN5CCN(C)CC5)c4)n3)c(c1)C[C@H](C(=O)O)Oc1ncnc3sc(-c4ccc(F)cc4)c-2c13. The molecule has 3 aliphatic rings. The van der Waals surface area contributed by atoms with Crippen LogP contribution in [0.25, 0.3) is 43.0 Å². The first kappa shape index (κ1) is 42.3. The summed E-state index contributed by atoms with van der Waals surface area (Å²) in [6.45, 7) is 8.05. The van der Waals surface area contributed by atoms with E-state index in [1.165, 1.54) is 29.8 Å². The van der Waals surface area contributed by atoms with Crippen LogP contribution in [0.1, 0.15) is 28.1 Å². The highest BCUT2D eigenvalue weighted by Gasteiger charge is 2.29. The Hall–Kier alpha value is -6.03. The third-order valence-electron chi connectivity index (χ3n) is 11.3. The predicted molar refractivity (Wildman–Crippen MR) is 240 cm³/mol. The van der Waals surface area contributed by atoms with E-state index in [1.54, 1.807) is 24.4 Å². The number of aliphatic carboxylic acids is 1. The Bertz CT molecular complexity index is 2780. The van der Waals surface area contributed by atoms with E-state index < -0.39 is 12.1 Å². The summed E-state index contributed by atoms with van der Waals surface area (Å²) in [5.41, 5.74) is 6.78. The highest BCUT2D eigenvalue weighted by Crippen LogP contribution is 2.49. The number of halogens is 2. The van der Waals surface area contributed by atoms with Gasteiger partial charge in [0.1, 0.15) is 41.7 Å². The predicted octanol–water partition coefficient (Wildman–Crippen LogP) is 8.89. The standard InChI is InChI=1S/C48H44ClFN6O6S/c1-29-37-12-9-33(44(29)49)26-59-25-30-6-13-39(61-27-41-51-15-14-38(54-41)32-4-3-5-36(23-32)60-21-20-56-18-16-55(2)17-19-56)34(22-30)24-40(48(57)58)62-46-43-42(37)45(63-47(43)53-28-52-46)31-7-10-35(50)11-8-31/h3-15,22-23,28,40H,16-21,24-27H2,1-2H3,(H,57,58)/t40-/m1/s1. The molecule has 1 saturated heterocycles. The first-order valence-electron chi connectivity index (χ1n) is 20.7. The van der Waals surface area contributed by atoms with Gasteiger partial charge < -0.3 is 29.0 Å². The minimum absolute atomic E-state index is 0.0148. The lowest BCUT2D eigenvalue weighted by Crippen LogP contribution is -2.45. The molecule has 1 N–H and O–H groups in total. The van der Waals surface area contributed by atoms with Crippen LogP contribution in [-0.2, 0) is 35.8 Å². The molecule has 1 fully saturated rings. The Morgan fingerprint density at radius 2 is 1.78 bits per heavy atom. The summed E-state index contributed by atoms with van der Waals surface area (Å²) in [6, 6.07) is 25.3. The molecule has 6 heterocycles. The molecule has 4 bridgehead atoms. The van der Waals surface area contributed by atoms with Crippen LogP contribution in [0, 0.1) is 12.7 Å². The molecular weight excluding hydrogens is 843 g/mol. The van der Waals surface area contributed by atoms with Gasteiger partial charge in [0.05, 0.1) is 24.3 Å². The van der Waals surface area contributed by atoms with Crippen LogP contribution in [0.15, 0.2) is 97.5 Å². The largest absolute Gasteiger partial charge is 0.492 e. The molecule has 322 valence electrons. The zero-order valence-corrected chi connectivity index (χ0v) is 36.3. The lowest BCUT2D eigenvalue weighted by atomic mass is 9.94. The number of hydrogen-bond donors (Lipinski definition) is 1. The summed E-state index contributed by atoms with van der Waals surface area (Å²) in [4.78, 5) is 37.6. The van der Waals surface area contributed by atoms with E-state index in [9.17, 15) is 14.3 Å². The summed E-state index contributed by atoms with van der Waals surface area (Å²) in [6.07, 6.45) is 1.58. The number of carboxylic acids is 1. The van der Waals surface area contributed by atoms with Crippen molar-refractivity contribution >= 4 is 39.1 Å². The van der Waals surface area contributed by atoms with Crippen molar-refractivity contribution in [2.45, 2.75) is 39.3 Å². The van der Waals surface area contributed by atoms with Crippen LogP contribution in [0.4, 0.5) is 4.39 Å². The van der Waals surface area contributed by atoms with Gasteiger partial charge in [0.2, 0.25) is 12.0 Å². The monoisotopic (exact) mass is 886 g/mol. The van der Waals surface area contributed by atoms with Gasteiger partial charge in [-0.05, 0) is 89.8 Å². The fourth-order valence-corrected chi connectivity index (χ4v) is 9.25. The fourth-order valence-electron chi connectivity index (χ4n) is 7.88. The van der Waals surface area contributed by atoms with Gasteiger partial charge in [-0.2, -0.15) is 0 Å². The number of fused-ring (bicyclic) bond motifs is 6. The minimum Gasteiger partial charge on any atom is -0.492 e. The van der Waals surface area contributed by atoms with E-state index in [0.717, 1.165) is 76.7 Å². The molecule has 0 unspecified atom stereocenters. The Kier molecular flexibility index (Phi) is 12.6. The Labute approximate surface area is 372 Å². The van der Waals surface area contributed by atoms with E-state index in [1.807, 2.05) is 61.5 Å². The van der Waals surface area contributed by atoms with Crippen LogP contribution in [0.3, 0.4) is 0 Å². The molecule has 15 heteroatoms. The number of rotatable bonds is 10. The first-order chi connectivity index (χ1) is 30.7. The molecule has 0 aliphatic carbocycles. The van der Waals surface area contributed by atoms with Crippen molar-refractivity contribution in [2.24, 2.45) is 0 Å². The third-order valence-corrected chi connectivity index (χ3v) is 13.0. The van der Waals surface area contributed by atoms with E-state index >= 15 is 0 Å². The first-order valence-corrected chi connectivity index (χ1v) is 21.9. The van der Waals surface area contributed by atoms with Crippen molar-refractivity contribution in [1.82, 2.24) is 29.7 Å². The molecular formula is C48H44ClFN6O6S. The summed E-state index contributed by atoms with van der Waals surface area (Å²) in [5, 5.41) is 11.7. The van der Waals surface area contributed by atoms with Gasteiger partial charge in [-0.3, -0.25) is 4.90 Å². The normalized spacial score (nSPS) is 15.9. The highest BCUT2D eigenvalue weighted by atomic mass is 35.5.